The second kappa shape index (κ2) is 4.44. The molecule has 2 aliphatic heterocycles. The number of hydrogen-bond donors (Lipinski definition) is 1. The van der Waals surface area contributed by atoms with Crippen LogP contribution in [0.5, 0.6) is 11.5 Å². The quantitative estimate of drug-likeness (QED) is 0.856. The SMILES string of the molecule is COc1cc2c3c(c1OC)CNCC3N(C)CC2. The molecule has 0 aromatic heterocycles. The first-order valence-electron chi connectivity index (χ1n) is 6.43. The minimum absolute atomic E-state index is 0.470. The number of nitrogens with one attached hydrogen (secondary N) is 1. The normalized spacial score (nSPS) is 22.5. The van der Waals surface area contributed by atoms with Crippen molar-refractivity contribution in [2.45, 2.75) is 19.0 Å². The van der Waals surface area contributed by atoms with Gasteiger partial charge in [-0.1, -0.05) is 0 Å². The Morgan fingerprint density at radius 1 is 1.33 bits per heavy atom. The summed E-state index contributed by atoms with van der Waals surface area (Å²) in [5.74, 6) is 1.75. The van der Waals surface area contributed by atoms with Gasteiger partial charge in [-0.25, -0.2) is 0 Å². The van der Waals surface area contributed by atoms with Crippen molar-refractivity contribution in [3.8, 4) is 11.5 Å². The van der Waals surface area contributed by atoms with Gasteiger partial charge >= 0.3 is 0 Å². The molecule has 18 heavy (non-hydrogen) atoms. The van der Waals surface area contributed by atoms with Gasteiger partial charge in [0.2, 0.25) is 0 Å². The fourth-order valence-electron chi connectivity index (χ4n) is 3.20. The van der Waals surface area contributed by atoms with Crippen LogP contribution < -0.4 is 14.8 Å². The standard InChI is InChI=1S/C14H20N2O2/c1-16-5-4-9-6-12(17-2)14(18-3)10-7-15-8-11(16)13(9)10/h6,11,15H,4-5,7-8H2,1-3H3. The number of hydrogen-bond acceptors (Lipinski definition) is 4. The van der Waals surface area contributed by atoms with Crippen molar-refractivity contribution in [1.82, 2.24) is 10.2 Å². The van der Waals surface area contributed by atoms with Crippen LogP contribution in [0.1, 0.15) is 22.7 Å². The lowest BCUT2D eigenvalue weighted by Gasteiger charge is -2.40. The van der Waals surface area contributed by atoms with E-state index < -0.39 is 0 Å². The Bertz CT molecular complexity index is 473. The molecular formula is C14H20N2O2. The maximum absolute atomic E-state index is 5.56. The molecule has 98 valence electrons. The molecule has 1 N–H and O–H groups in total. The molecule has 0 radical (unpaired) electrons. The predicted octanol–water partition coefficient (Wildman–Crippen LogP) is 1.34. The first-order chi connectivity index (χ1) is 8.76. The van der Waals surface area contributed by atoms with E-state index in [2.05, 4.69) is 23.3 Å². The molecule has 0 saturated carbocycles. The monoisotopic (exact) mass is 248 g/mol. The molecular weight excluding hydrogens is 228 g/mol. The highest BCUT2D eigenvalue weighted by Crippen LogP contribution is 2.43. The molecule has 0 saturated heterocycles. The first-order valence-corrected chi connectivity index (χ1v) is 6.43. The van der Waals surface area contributed by atoms with Crippen LogP contribution in [0.2, 0.25) is 0 Å². The minimum atomic E-state index is 0.470. The van der Waals surface area contributed by atoms with Gasteiger partial charge in [-0.05, 0) is 30.7 Å². The molecule has 2 heterocycles. The molecule has 0 amide bonds. The molecule has 3 rings (SSSR count). The van der Waals surface area contributed by atoms with Crippen LogP contribution in [0.25, 0.3) is 0 Å². The zero-order chi connectivity index (χ0) is 12.7. The third kappa shape index (κ3) is 1.60. The Hall–Kier alpha value is -1.26. The van der Waals surface area contributed by atoms with Gasteiger partial charge in [-0.3, -0.25) is 4.90 Å². The molecule has 0 bridgehead atoms. The van der Waals surface area contributed by atoms with E-state index >= 15 is 0 Å². The average molecular weight is 248 g/mol. The van der Waals surface area contributed by atoms with Gasteiger partial charge in [0.15, 0.2) is 11.5 Å². The Balaban J connectivity index is 2.21. The van der Waals surface area contributed by atoms with Crippen molar-refractivity contribution in [1.29, 1.82) is 0 Å². The molecule has 0 aliphatic carbocycles. The topological polar surface area (TPSA) is 33.7 Å². The van der Waals surface area contributed by atoms with Gasteiger partial charge in [0, 0.05) is 31.2 Å². The summed E-state index contributed by atoms with van der Waals surface area (Å²) in [6.45, 7) is 2.99. The van der Waals surface area contributed by atoms with E-state index in [0.717, 1.165) is 37.6 Å². The maximum Gasteiger partial charge on any atom is 0.165 e. The van der Waals surface area contributed by atoms with Gasteiger partial charge in [0.25, 0.3) is 0 Å². The van der Waals surface area contributed by atoms with Crippen molar-refractivity contribution in [3.63, 3.8) is 0 Å². The summed E-state index contributed by atoms with van der Waals surface area (Å²) in [5, 5.41) is 3.48. The highest BCUT2D eigenvalue weighted by atomic mass is 16.5. The second-order valence-corrected chi connectivity index (χ2v) is 5.04. The van der Waals surface area contributed by atoms with E-state index in [1.54, 1.807) is 14.2 Å². The maximum atomic E-state index is 5.56. The van der Waals surface area contributed by atoms with E-state index in [1.165, 1.54) is 16.7 Å². The van der Waals surface area contributed by atoms with Gasteiger partial charge in [-0.2, -0.15) is 0 Å². The Labute approximate surface area is 108 Å². The highest BCUT2D eigenvalue weighted by Gasteiger charge is 2.33. The minimum Gasteiger partial charge on any atom is -0.493 e. The van der Waals surface area contributed by atoms with Crippen molar-refractivity contribution >= 4 is 0 Å². The molecule has 1 atom stereocenters. The molecule has 0 spiro atoms. The Morgan fingerprint density at radius 2 is 2.17 bits per heavy atom. The molecule has 1 aromatic carbocycles. The van der Waals surface area contributed by atoms with Crippen molar-refractivity contribution in [2.75, 3.05) is 34.4 Å². The smallest absolute Gasteiger partial charge is 0.165 e. The summed E-state index contributed by atoms with van der Waals surface area (Å²) in [5.41, 5.74) is 4.15. The van der Waals surface area contributed by atoms with Crippen molar-refractivity contribution < 1.29 is 9.47 Å². The summed E-state index contributed by atoms with van der Waals surface area (Å²) in [6, 6.07) is 2.63. The van der Waals surface area contributed by atoms with Crippen LogP contribution in [-0.2, 0) is 13.0 Å². The third-order valence-corrected chi connectivity index (χ3v) is 4.14. The van der Waals surface area contributed by atoms with Gasteiger partial charge in [0.05, 0.1) is 14.2 Å². The van der Waals surface area contributed by atoms with E-state index in [9.17, 15) is 0 Å². The molecule has 0 fully saturated rings. The number of nitrogens with zero attached hydrogens (tertiary/aromatic N) is 1. The molecule has 4 heteroatoms. The van der Waals surface area contributed by atoms with Crippen LogP contribution in [0.3, 0.4) is 0 Å². The molecule has 4 nitrogen and oxygen atoms in total. The van der Waals surface area contributed by atoms with Crippen LogP contribution >= 0.6 is 0 Å². The van der Waals surface area contributed by atoms with Crippen LogP contribution in [-0.4, -0.2) is 39.3 Å². The first kappa shape index (κ1) is 11.8. The van der Waals surface area contributed by atoms with Crippen LogP contribution in [0, 0.1) is 0 Å². The van der Waals surface area contributed by atoms with Crippen LogP contribution in [0.4, 0.5) is 0 Å². The van der Waals surface area contributed by atoms with E-state index in [0.29, 0.717) is 6.04 Å². The summed E-state index contributed by atoms with van der Waals surface area (Å²) < 4.78 is 11.0. The largest absolute Gasteiger partial charge is 0.493 e. The van der Waals surface area contributed by atoms with E-state index in [4.69, 9.17) is 9.47 Å². The molecule has 1 unspecified atom stereocenters. The second-order valence-electron chi connectivity index (χ2n) is 5.04. The van der Waals surface area contributed by atoms with Crippen molar-refractivity contribution in [3.05, 3.63) is 22.8 Å². The Kier molecular flexibility index (Phi) is 2.92. The Morgan fingerprint density at radius 3 is 2.89 bits per heavy atom. The summed E-state index contributed by atoms with van der Waals surface area (Å²) in [7, 11) is 5.62. The van der Waals surface area contributed by atoms with Crippen molar-refractivity contribution in [2.24, 2.45) is 0 Å². The van der Waals surface area contributed by atoms with E-state index in [1.807, 2.05) is 0 Å². The fourth-order valence-corrected chi connectivity index (χ4v) is 3.20. The van der Waals surface area contributed by atoms with Crippen LogP contribution in [0.15, 0.2) is 6.07 Å². The lowest BCUT2D eigenvalue weighted by molar-refractivity contribution is 0.211. The lowest BCUT2D eigenvalue weighted by Crippen LogP contribution is -2.42. The molecule has 2 aliphatic rings. The number of likely N-dealkylation sites (N-methyl/N-ethyl adjacent to an activating group) is 1. The third-order valence-electron chi connectivity index (χ3n) is 4.14. The van der Waals surface area contributed by atoms with E-state index in [-0.39, 0.29) is 0 Å². The summed E-state index contributed by atoms with van der Waals surface area (Å²) >= 11 is 0. The zero-order valence-electron chi connectivity index (χ0n) is 11.2. The number of benzene rings is 1. The average Bonchev–Trinajstić information content (AvgIpc) is 2.42. The summed E-state index contributed by atoms with van der Waals surface area (Å²) in [4.78, 5) is 2.42. The van der Waals surface area contributed by atoms with Gasteiger partial charge in [-0.15, -0.1) is 0 Å². The van der Waals surface area contributed by atoms with Gasteiger partial charge < -0.3 is 14.8 Å². The number of methoxy groups -OCH3 is 2. The number of rotatable bonds is 2. The fraction of sp³-hybridized carbons (Fsp3) is 0.571. The zero-order valence-corrected chi connectivity index (χ0v) is 11.2. The highest BCUT2D eigenvalue weighted by molar-refractivity contribution is 5.57. The molecule has 1 aromatic rings. The lowest BCUT2D eigenvalue weighted by atomic mass is 9.85. The summed E-state index contributed by atoms with van der Waals surface area (Å²) in [6.07, 6.45) is 1.09. The van der Waals surface area contributed by atoms with Gasteiger partial charge in [0.1, 0.15) is 0 Å². The number of ether oxygens (including phenoxy) is 2. The predicted molar refractivity (Wildman–Crippen MR) is 70.3 cm³/mol.